The Hall–Kier alpha value is -0.795. The molecule has 0 fully saturated rings. The van der Waals surface area contributed by atoms with Gasteiger partial charge >= 0.3 is 7.12 Å². The van der Waals surface area contributed by atoms with Crippen molar-refractivity contribution in [2.75, 3.05) is 0 Å². The molecule has 1 aromatic rings. The first-order valence-corrected chi connectivity index (χ1v) is 5.32. The van der Waals surface area contributed by atoms with E-state index in [0.29, 0.717) is 5.92 Å². The summed E-state index contributed by atoms with van der Waals surface area (Å²) in [7, 11) is -1.33. The van der Waals surface area contributed by atoms with E-state index in [9.17, 15) is 10.0 Å². The van der Waals surface area contributed by atoms with Crippen molar-refractivity contribution in [2.24, 2.45) is 0 Å². The Bertz CT molecular complexity index is 315. The second kappa shape index (κ2) is 4.37. The van der Waals surface area contributed by atoms with E-state index in [4.69, 9.17) is 0 Å². The predicted octanol–water partition coefficient (Wildman–Crippen LogP) is 2.10. The first-order valence-electron chi connectivity index (χ1n) is 5.32. The lowest BCUT2D eigenvalue weighted by Gasteiger charge is -2.24. The largest absolute Gasteiger partial charge is 0.462 e. The number of rotatable bonds is 3. The van der Waals surface area contributed by atoms with Gasteiger partial charge in [-0.05, 0) is 17.0 Å². The fourth-order valence-electron chi connectivity index (χ4n) is 1.45. The van der Waals surface area contributed by atoms with Crippen LogP contribution in [0.3, 0.4) is 0 Å². The van der Waals surface area contributed by atoms with Gasteiger partial charge in [-0.25, -0.2) is 0 Å². The van der Waals surface area contributed by atoms with Gasteiger partial charge in [0.2, 0.25) is 0 Å². The molecule has 0 unspecified atom stereocenters. The van der Waals surface area contributed by atoms with E-state index in [1.807, 2.05) is 38.1 Å². The summed E-state index contributed by atoms with van der Waals surface area (Å²) >= 11 is 0. The van der Waals surface area contributed by atoms with Crippen LogP contribution in [0.25, 0.3) is 0 Å². The van der Waals surface area contributed by atoms with Crippen LogP contribution in [0, 0.1) is 0 Å². The molecule has 2 nitrogen and oxygen atoms in total. The average molecular weight is 206 g/mol. The Kier molecular flexibility index (Phi) is 3.58. The van der Waals surface area contributed by atoms with Crippen LogP contribution in [-0.2, 0) is 5.31 Å². The third kappa shape index (κ3) is 2.61. The van der Waals surface area contributed by atoms with Gasteiger partial charge < -0.3 is 10.0 Å². The minimum atomic E-state index is -1.33. The molecule has 0 saturated carbocycles. The molecule has 0 spiro atoms. The molecule has 0 aliphatic carbocycles. The molecular weight excluding hydrogens is 187 g/mol. The van der Waals surface area contributed by atoms with Crippen LogP contribution < -0.4 is 0 Å². The molecule has 0 heterocycles. The first-order chi connectivity index (χ1) is 6.85. The Balaban J connectivity index is 2.98. The van der Waals surface area contributed by atoms with Gasteiger partial charge in [-0.3, -0.25) is 0 Å². The molecule has 15 heavy (non-hydrogen) atoms. The van der Waals surface area contributed by atoms with Crippen LogP contribution in [0.1, 0.15) is 44.7 Å². The zero-order chi connectivity index (χ0) is 11.6. The van der Waals surface area contributed by atoms with Gasteiger partial charge in [-0.1, -0.05) is 52.0 Å². The van der Waals surface area contributed by atoms with Gasteiger partial charge in [0.05, 0.1) is 0 Å². The summed E-state index contributed by atoms with van der Waals surface area (Å²) in [6.07, 6.45) is 0. The van der Waals surface area contributed by atoms with Crippen LogP contribution >= 0.6 is 0 Å². The molecule has 0 aliphatic heterocycles. The second-order valence-corrected chi connectivity index (χ2v) is 4.87. The first kappa shape index (κ1) is 12.3. The summed E-state index contributed by atoms with van der Waals surface area (Å²) < 4.78 is 0. The van der Waals surface area contributed by atoms with E-state index in [0.717, 1.165) is 5.56 Å². The number of hydrogen-bond donors (Lipinski definition) is 2. The van der Waals surface area contributed by atoms with Gasteiger partial charge in [-0.2, -0.15) is 0 Å². The minimum absolute atomic E-state index is 0.501. The smallest absolute Gasteiger partial charge is 0.426 e. The molecule has 82 valence electrons. The highest BCUT2D eigenvalue weighted by atomic mass is 16.4. The molecule has 2 N–H and O–H groups in total. The third-order valence-electron chi connectivity index (χ3n) is 2.97. The van der Waals surface area contributed by atoms with Crippen molar-refractivity contribution in [2.45, 2.75) is 38.9 Å². The van der Waals surface area contributed by atoms with Crippen molar-refractivity contribution in [3.8, 4) is 0 Å². The Morgan fingerprint density at radius 2 is 1.53 bits per heavy atom. The summed E-state index contributed by atoms with van der Waals surface area (Å²) in [5.41, 5.74) is 2.21. The number of hydrogen-bond acceptors (Lipinski definition) is 2. The van der Waals surface area contributed by atoms with Crippen LogP contribution in [0.2, 0.25) is 0 Å². The van der Waals surface area contributed by atoms with Gasteiger partial charge in [0, 0.05) is 5.31 Å². The lowest BCUT2D eigenvalue weighted by Crippen LogP contribution is -2.38. The second-order valence-electron chi connectivity index (χ2n) is 4.87. The SMILES string of the molecule is CC(C)c1ccc(C(C)(C)B(O)O)cc1. The van der Waals surface area contributed by atoms with Crippen LogP contribution in [0.5, 0.6) is 0 Å². The van der Waals surface area contributed by atoms with E-state index < -0.39 is 12.4 Å². The monoisotopic (exact) mass is 206 g/mol. The van der Waals surface area contributed by atoms with Crippen molar-refractivity contribution >= 4 is 7.12 Å². The summed E-state index contributed by atoms with van der Waals surface area (Å²) in [6, 6.07) is 8.03. The van der Waals surface area contributed by atoms with Crippen LogP contribution in [0.4, 0.5) is 0 Å². The molecule has 0 aromatic heterocycles. The third-order valence-corrected chi connectivity index (χ3v) is 2.97. The van der Waals surface area contributed by atoms with Crippen LogP contribution in [0.15, 0.2) is 24.3 Å². The van der Waals surface area contributed by atoms with Gasteiger partial charge in [0.25, 0.3) is 0 Å². The van der Waals surface area contributed by atoms with Crippen molar-refractivity contribution in [3.05, 3.63) is 35.4 Å². The van der Waals surface area contributed by atoms with E-state index >= 15 is 0 Å². The highest BCUT2D eigenvalue weighted by Crippen LogP contribution is 2.25. The Morgan fingerprint density at radius 3 is 1.87 bits per heavy atom. The van der Waals surface area contributed by atoms with E-state index in [1.54, 1.807) is 0 Å². The minimum Gasteiger partial charge on any atom is -0.426 e. The van der Waals surface area contributed by atoms with E-state index in [-0.39, 0.29) is 0 Å². The van der Waals surface area contributed by atoms with Crippen molar-refractivity contribution < 1.29 is 10.0 Å². The molecular formula is C12H19BO2. The molecule has 3 heteroatoms. The molecule has 0 saturated heterocycles. The molecule has 0 bridgehead atoms. The van der Waals surface area contributed by atoms with Gasteiger partial charge in [0.15, 0.2) is 0 Å². The van der Waals surface area contributed by atoms with Gasteiger partial charge in [-0.15, -0.1) is 0 Å². The summed E-state index contributed by atoms with van der Waals surface area (Å²) in [5, 5.41) is 17.9. The van der Waals surface area contributed by atoms with E-state index in [2.05, 4.69) is 13.8 Å². The molecule has 0 atom stereocenters. The maximum atomic E-state index is 9.27. The highest BCUT2D eigenvalue weighted by molar-refractivity contribution is 6.45. The summed E-state index contributed by atoms with van der Waals surface area (Å²) in [4.78, 5) is 0. The fourth-order valence-corrected chi connectivity index (χ4v) is 1.45. The van der Waals surface area contributed by atoms with E-state index in [1.165, 1.54) is 5.56 Å². The van der Waals surface area contributed by atoms with Crippen molar-refractivity contribution in [1.82, 2.24) is 0 Å². The maximum Gasteiger partial charge on any atom is 0.462 e. The Labute approximate surface area is 92.1 Å². The fraction of sp³-hybridized carbons (Fsp3) is 0.500. The lowest BCUT2D eigenvalue weighted by molar-refractivity contribution is 0.359. The lowest BCUT2D eigenvalue weighted by atomic mass is 9.57. The number of benzene rings is 1. The Morgan fingerprint density at radius 1 is 1.07 bits per heavy atom. The zero-order valence-corrected chi connectivity index (χ0v) is 9.86. The summed E-state index contributed by atoms with van der Waals surface area (Å²) in [5.74, 6) is 0.501. The van der Waals surface area contributed by atoms with Crippen molar-refractivity contribution in [1.29, 1.82) is 0 Å². The molecule has 0 aliphatic rings. The average Bonchev–Trinajstić information content (AvgIpc) is 2.17. The summed E-state index contributed by atoms with van der Waals surface area (Å²) in [6.45, 7) is 7.92. The van der Waals surface area contributed by atoms with Gasteiger partial charge in [0.1, 0.15) is 0 Å². The normalized spacial score (nSPS) is 11.9. The zero-order valence-electron chi connectivity index (χ0n) is 9.86. The topological polar surface area (TPSA) is 40.5 Å². The molecule has 0 amide bonds. The maximum absolute atomic E-state index is 9.27. The molecule has 1 rings (SSSR count). The molecule has 0 radical (unpaired) electrons. The van der Waals surface area contributed by atoms with Crippen molar-refractivity contribution in [3.63, 3.8) is 0 Å². The quantitative estimate of drug-likeness (QED) is 0.743. The standard InChI is InChI=1S/C12H19BO2/c1-9(2)10-5-7-11(8-6-10)12(3,4)13(14)15/h5-9,14-15H,1-4H3. The van der Waals surface area contributed by atoms with Crippen LogP contribution in [-0.4, -0.2) is 17.2 Å². The molecule has 1 aromatic carbocycles. The predicted molar refractivity (Wildman–Crippen MR) is 63.7 cm³/mol. The highest BCUT2D eigenvalue weighted by Gasteiger charge is 2.33.